The Morgan fingerprint density at radius 3 is 2.77 bits per heavy atom. The van der Waals surface area contributed by atoms with Crippen molar-refractivity contribution in [3.05, 3.63) is 40.6 Å². The molecule has 0 bridgehead atoms. The summed E-state index contributed by atoms with van der Waals surface area (Å²) in [4.78, 5) is 39.8. The van der Waals surface area contributed by atoms with Crippen LogP contribution in [0.1, 0.15) is 20.3 Å². The lowest BCUT2D eigenvalue weighted by Crippen LogP contribution is -2.44. The van der Waals surface area contributed by atoms with Crippen molar-refractivity contribution in [3.63, 3.8) is 0 Å². The van der Waals surface area contributed by atoms with E-state index in [1.807, 2.05) is 6.92 Å². The smallest absolute Gasteiger partial charge is 0.338 e. The Hall–Kier alpha value is -3.04. The molecule has 1 atom stereocenters. The van der Waals surface area contributed by atoms with Gasteiger partial charge in [-0.25, -0.2) is 14.0 Å². The number of benzene rings is 1. The highest BCUT2D eigenvalue weighted by molar-refractivity contribution is 5.77. The highest BCUT2D eigenvalue weighted by Crippen LogP contribution is 2.16. The van der Waals surface area contributed by atoms with Crippen LogP contribution in [0.2, 0.25) is 0 Å². The summed E-state index contributed by atoms with van der Waals surface area (Å²) in [5, 5.41) is 7.27. The van der Waals surface area contributed by atoms with Gasteiger partial charge in [0.15, 0.2) is 0 Å². The van der Waals surface area contributed by atoms with Crippen LogP contribution < -0.4 is 5.69 Å². The van der Waals surface area contributed by atoms with E-state index >= 15 is 0 Å². The zero-order valence-corrected chi connectivity index (χ0v) is 14.5. The first-order chi connectivity index (χ1) is 12.4. The number of halogens is 1. The predicted molar refractivity (Wildman–Crippen MR) is 89.4 cm³/mol. The fourth-order valence-electron chi connectivity index (χ4n) is 3.18. The molecule has 10 heteroatoms. The molecule has 1 saturated heterocycles. The van der Waals surface area contributed by atoms with Gasteiger partial charge >= 0.3 is 11.7 Å². The summed E-state index contributed by atoms with van der Waals surface area (Å²) >= 11 is 0. The number of likely N-dealkylation sites (N-methyl/N-ethyl adjacent to an activating group) is 1. The Morgan fingerprint density at radius 1 is 1.35 bits per heavy atom. The van der Waals surface area contributed by atoms with E-state index < -0.39 is 17.5 Å². The first-order valence-electron chi connectivity index (χ1n) is 8.29. The molecule has 3 rings (SSSR count). The van der Waals surface area contributed by atoms with E-state index in [2.05, 4.69) is 10.4 Å². The monoisotopic (exact) mass is 362 g/mol. The van der Waals surface area contributed by atoms with Crippen molar-refractivity contribution in [1.29, 1.82) is 0 Å². The second-order valence-corrected chi connectivity index (χ2v) is 6.04. The van der Waals surface area contributed by atoms with Crippen LogP contribution >= 0.6 is 0 Å². The van der Waals surface area contributed by atoms with E-state index in [1.165, 1.54) is 30.0 Å². The van der Waals surface area contributed by atoms with Crippen LogP contribution in [0.15, 0.2) is 29.1 Å². The largest absolute Gasteiger partial charge is 0.377 e. The van der Waals surface area contributed by atoms with Gasteiger partial charge in [0.25, 0.3) is 0 Å². The summed E-state index contributed by atoms with van der Waals surface area (Å²) < 4.78 is 14.8. The molecule has 2 amide bonds. The second-order valence-electron chi connectivity index (χ2n) is 6.04. The van der Waals surface area contributed by atoms with Gasteiger partial charge in [-0.2, -0.15) is 4.68 Å². The summed E-state index contributed by atoms with van der Waals surface area (Å²) in [6.45, 7) is 4.65. The molecule has 9 nitrogen and oxygen atoms in total. The van der Waals surface area contributed by atoms with Crippen molar-refractivity contribution < 1.29 is 14.0 Å². The molecule has 1 unspecified atom stereocenters. The first-order valence-corrected chi connectivity index (χ1v) is 8.29. The maximum absolute atomic E-state index is 13.3. The van der Waals surface area contributed by atoms with E-state index in [4.69, 9.17) is 0 Å². The number of aromatic nitrogens is 4. The molecule has 1 aliphatic heterocycles. The second kappa shape index (κ2) is 7.06. The Kier molecular flexibility index (Phi) is 4.83. The van der Waals surface area contributed by atoms with E-state index in [1.54, 1.807) is 4.90 Å². The van der Waals surface area contributed by atoms with Gasteiger partial charge in [-0.05, 0) is 42.0 Å². The van der Waals surface area contributed by atoms with Gasteiger partial charge in [0.05, 0.1) is 11.7 Å². The van der Waals surface area contributed by atoms with Gasteiger partial charge in [-0.1, -0.05) is 6.07 Å². The maximum Gasteiger partial charge on any atom is 0.377 e. The molecule has 0 aliphatic carbocycles. The number of carbonyl (C=O) groups excluding carboxylic acids is 2. The third-order valence-electron chi connectivity index (χ3n) is 4.44. The molecule has 2 heterocycles. The average Bonchev–Trinajstić information content (AvgIpc) is 3.22. The van der Waals surface area contributed by atoms with Crippen molar-refractivity contribution in [2.45, 2.75) is 26.3 Å². The minimum Gasteiger partial charge on any atom is -0.338 e. The fourth-order valence-corrected chi connectivity index (χ4v) is 3.18. The SMILES string of the molecule is CCN(C(C)=O)C1CCN(C(=O)n2nnn(-c3cccc(F)c3)c2=O)C1. The van der Waals surface area contributed by atoms with Crippen molar-refractivity contribution in [1.82, 2.24) is 29.6 Å². The Labute approximate surface area is 148 Å². The van der Waals surface area contributed by atoms with Gasteiger partial charge < -0.3 is 9.80 Å². The number of carbonyl (C=O) groups is 2. The van der Waals surface area contributed by atoms with Crippen molar-refractivity contribution >= 4 is 11.9 Å². The van der Waals surface area contributed by atoms with Crippen LogP contribution in [0, 0.1) is 5.82 Å². The lowest BCUT2D eigenvalue weighted by molar-refractivity contribution is -0.130. The van der Waals surface area contributed by atoms with Crippen molar-refractivity contribution in [2.75, 3.05) is 19.6 Å². The number of rotatable bonds is 3. The zero-order chi connectivity index (χ0) is 18.8. The summed E-state index contributed by atoms with van der Waals surface area (Å²) in [5.41, 5.74) is -0.593. The number of hydrogen-bond acceptors (Lipinski definition) is 5. The van der Waals surface area contributed by atoms with E-state index in [9.17, 15) is 18.8 Å². The molecule has 1 aliphatic rings. The predicted octanol–water partition coefficient (Wildman–Crippen LogP) is 0.479. The molecule has 0 saturated carbocycles. The number of tetrazole rings is 1. The lowest BCUT2D eigenvalue weighted by Gasteiger charge is -2.26. The first kappa shape index (κ1) is 17.8. The van der Waals surface area contributed by atoms with Crippen molar-refractivity contribution in [3.8, 4) is 5.69 Å². The number of hydrogen-bond donors (Lipinski definition) is 0. The lowest BCUT2D eigenvalue weighted by atomic mass is 10.2. The minimum atomic E-state index is -0.775. The summed E-state index contributed by atoms with van der Waals surface area (Å²) in [6, 6.07) is 4.59. The minimum absolute atomic E-state index is 0.0546. The molecule has 2 aromatic rings. The highest BCUT2D eigenvalue weighted by atomic mass is 19.1. The van der Waals surface area contributed by atoms with Gasteiger partial charge in [0.2, 0.25) is 5.91 Å². The third kappa shape index (κ3) is 3.22. The maximum atomic E-state index is 13.3. The topological polar surface area (TPSA) is 93.3 Å². The van der Waals surface area contributed by atoms with Crippen LogP contribution in [0.4, 0.5) is 9.18 Å². The summed E-state index contributed by atoms with van der Waals surface area (Å²) in [6.07, 6.45) is 0.631. The average molecular weight is 362 g/mol. The van der Waals surface area contributed by atoms with Gasteiger partial charge in [0, 0.05) is 26.6 Å². The van der Waals surface area contributed by atoms with Gasteiger partial charge in [-0.3, -0.25) is 4.79 Å². The molecular weight excluding hydrogens is 343 g/mol. The van der Waals surface area contributed by atoms with Crippen LogP contribution in [-0.2, 0) is 4.79 Å². The molecule has 26 heavy (non-hydrogen) atoms. The Morgan fingerprint density at radius 2 is 2.12 bits per heavy atom. The Bertz CT molecular complexity index is 892. The molecule has 0 spiro atoms. The van der Waals surface area contributed by atoms with Gasteiger partial charge in [0.1, 0.15) is 5.82 Å². The Balaban J connectivity index is 1.80. The van der Waals surface area contributed by atoms with E-state index in [0.717, 1.165) is 10.7 Å². The normalized spacial score (nSPS) is 16.7. The standard InChI is InChI=1S/C16H19FN6O3/c1-3-21(11(2)24)14-7-8-20(10-14)15(25)23-16(26)22(18-19-23)13-6-4-5-12(17)9-13/h4-6,9,14H,3,7-8,10H2,1-2H3. The van der Waals surface area contributed by atoms with Crippen molar-refractivity contribution in [2.24, 2.45) is 0 Å². The third-order valence-corrected chi connectivity index (χ3v) is 4.44. The van der Waals surface area contributed by atoms with E-state index in [-0.39, 0.29) is 17.6 Å². The highest BCUT2D eigenvalue weighted by Gasteiger charge is 2.33. The molecule has 0 N–H and O–H groups in total. The number of likely N-dealkylation sites (tertiary alicyclic amines) is 1. The van der Waals surface area contributed by atoms with Crippen LogP contribution in [0.5, 0.6) is 0 Å². The zero-order valence-electron chi connectivity index (χ0n) is 14.5. The molecule has 138 valence electrons. The molecular formula is C16H19FN6O3. The van der Waals surface area contributed by atoms with E-state index in [0.29, 0.717) is 30.7 Å². The molecule has 1 fully saturated rings. The molecule has 0 radical (unpaired) electrons. The molecule has 1 aromatic heterocycles. The molecule has 1 aromatic carbocycles. The van der Waals surface area contributed by atoms with Gasteiger partial charge in [-0.15, -0.1) is 4.68 Å². The summed E-state index contributed by atoms with van der Waals surface area (Å²) in [7, 11) is 0. The quantitative estimate of drug-likeness (QED) is 0.741. The fraction of sp³-hybridized carbons (Fsp3) is 0.438. The summed E-state index contributed by atoms with van der Waals surface area (Å²) in [5.74, 6) is -0.581. The van der Waals surface area contributed by atoms with Crippen LogP contribution in [-0.4, -0.2) is 67.2 Å². The van der Waals surface area contributed by atoms with Crippen LogP contribution in [0.3, 0.4) is 0 Å². The number of amides is 2. The van der Waals surface area contributed by atoms with Crippen LogP contribution in [0.25, 0.3) is 5.69 Å². The number of nitrogens with zero attached hydrogens (tertiary/aromatic N) is 6.